The summed E-state index contributed by atoms with van der Waals surface area (Å²) in [6.07, 6.45) is 5.72. The van der Waals surface area contributed by atoms with Gasteiger partial charge in [0.1, 0.15) is 12.4 Å². The molecule has 1 aliphatic heterocycles. The maximum atomic E-state index is 12.4. The first-order chi connectivity index (χ1) is 15.2. The van der Waals surface area contributed by atoms with Crippen molar-refractivity contribution in [2.45, 2.75) is 64.0 Å². The lowest BCUT2D eigenvalue weighted by molar-refractivity contribution is 0.0838. The topological polar surface area (TPSA) is 59.0 Å². The van der Waals surface area contributed by atoms with Gasteiger partial charge < -0.3 is 14.6 Å². The number of aliphatic hydroxyl groups excluding tert-OH is 1. The molecule has 0 bridgehead atoms. The summed E-state index contributed by atoms with van der Waals surface area (Å²) in [4.78, 5) is 14.0. The van der Waals surface area contributed by atoms with Crippen molar-refractivity contribution in [1.29, 1.82) is 0 Å². The second kappa shape index (κ2) is 12.4. The number of amides is 1. The zero-order valence-corrected chi connectivity index (χ0v) is 18.5. The first-order valence-electron chi connectivity index (χ1n) is 11.5. The van der Waals surface area contributed by atoms with Crippen molar-refractivity contribution in [3.8, 4) is 5.75 Å². The molecule has 1 heterocycles. The Balaban J connectivity index is 1.49. The van der Waals surface area contributed by atoms with E-state index in [1.165, 1.54) is 11.1 Å². The standard InChI is InChI=1S/C26H35NO4/c1-2-3-17-30-26(29)27-19-24(28)18-23(27)20-31-25-16-10-9-15-22(25)14-8-7-13-21-11-5-4-6-12-21/h4-6,9-12,15-16,23-24,28H,2-3,7-8,13-14,17-20H2,1H3/t23?,24-/m1/s1. The van der Waals surface area contributed by atoms with E-state index in [0.717, 1.165) is 44.3 Å². The zero-order valence-electron chi connectivity index (χ0n) is 18.5. The number of likely N-dealkylation sites (tertiary alicyclic amines) is 1. The molecule has 1 fully saturated rings. The normalized spacial score (nSPS) is 18.2. The predicted octanol–water partition coefficient (Wildman–Crippen LogP) is 5.00. The highest BCUT2D eigenvalue weighted by atomic mass is 16.6. The van der Waals surface area contributed by atoms with E-state index in [9.17, 15) is 9.90 Å². The van der Waals surface area contributed by atoms with Crippen molar-refractivity contribution >= 4 is 6.09 Å². The second-order valence-corrected chi connectivity index (χ2v) is 8.28. The van der Waals surface area contributed by atoms with Gasteiger partial charge in [-0.05, 0) is 55.7 Å². The highest BCUT2D eigenvalue weighted by molar-refractivity contribution is 5.68. The summed E-state index contributed by atoms with van der Waals surface area (Å²) in [5.74, 6) is 0.864. The molecule has 5 heteroatoms. The molecule has 0 spiro atoms. The third-order valence-corrected chi connectivity index (χ3v) is 5.76. The summed E-state index contributed by atoms with van der Waals surface area (Å²) in [7, 11) is 0. The fourth-order valence-corrected chi connectivity index (χ4v) is 3.99. The quantitative estimate of drug-likeness (QED) is 0.515. The van der Waals surface area contributed by atoms with Crippen LogP contribution in [-0.2, 0) is 17.6 Å². The molecule has 3 rings (SSSR count). The first kappa shape index (κ1) is 23.1. The predicted molar refractivity (Wildman–Crippen MR) is 122 cm³/mol. The van der Waals surface area contributed by atoms with Crippen LogP contribution < -0.4 is 4.74 Å². The van der Waals surface area contributed by atoms with Crippen LogP contribution in [0.4, 0.5) is 4.79 Å². The van der Waals surface area contributed by atoms with Gasteiger partial charge in [-0.2, -0.15) is 0 Å². The fraction of sp³-hybridized carbons (Fsp3) is 0.500. The maximum Gasteiger partial charge on any atom is 0.410 e. The summed E-state index contributed by atoms with van der Waals surface area (Å²) in [6, 6.07) is 18.5. The highest BCUT2D eigenvalue weighted by Gasteiger charge is 2.35. The minimum absolute atomic E-state index is 0.171. The molecule has 1 saturated heterocycles. The molecule has 1 amide bonds. The molecule has 31 heavy (non-hydrogen) atoms. The van der Waals surface area contributed by atoms with E-state index in [2.05, 4.69) is 37.3 Å². The van der Waals surface area contributed by atoms with E-state index < -0.39 is 6.10 Å². The minimum atomic E-state index is -0.527. The van der Waals surface area contributed by atoms with Crippen LogP contribution in [0.2, 0.25) is 0 Å². The summed E-state index contributed by atoms with van der Waals surface area (Å²) in [6.45, 7) is 3.14. The van der Waals surface area contributed by atoms with Crippen molar-refractivity contribution in [2.75, 3.05) is 19.8 Å². The van der Waals surface area contributed by atoms with Gasteiger partial charge in [0.15, 0.2) is 0 Å². The van der Waals surface area contributed by atoms with E-state index in [1.807, 2.05) is 24.3 Å². The molecule has 168 valence electrons. The number of carbonyl (C=O) groups is 1. The summed E-state index contributed by atoms with van der Waals surface area (Å²) in [5, 5.41) is 10.1. The lowest BCUT2D eigenvalue weighted by Crippen LogP contribution is -2.39. The molecule has 0 radical (unpaired) electrons. The van der Waals surface area contributed by atoms with Gasteiger partial charge in [-0.25, -0.2) is 4.79 Å². The minimum Gasteiger partial charge on any atom is -0.491 e. The number of nitrogens with zero attached hydrogens (tertiary/aromatic N) is 1. The molecule has 1 unspecified atom stereocenters. The molecule has 2 aromatic rings. The van der Waals surface area contributed by atoms with Crippen molar-refractivity contribution in [1.82, 2.24) is 4.90 Å². The van der Waals surface area contributed by atoms with Crippen LogP contribution in [0.5, 0.6) is 5.75 Å². The number of para-hydroxylation sites is 1. The van der Waals surface area contributed by atoms with Crippen molar-refractivity contribution < 1.29 is 19.4 Å². The number of rotatable bonds is 11. The molecule has 0 aliphatic carbocycles. The molecular weight excluding hydrogens is 390 g/mol. The summed E-state index contributed by atoms with van der Waals surface area (Å²) in [5.41, 5.74) is 2.56. The maximum absolute atomic E-state index is 12.4. The third-order valence-electron chi connectivity index (χ3n) is 5.76. The Morgan fingerprint density at radius 1 is 1.03 bits per heavy atom. The smallest absolute Gasteiger partial charge is 0.410 e. The van der Waals surface area contributed by atoms with Crippen LogP contribution in [0.1, 0.15) is 50.2 Å². The second-order valence-electron chi connectivity index (χ2n) is 8.28. The van der Waals surface area contributed by atoms with Gasteiger partial charge in [-0.3, -0.25) is 4.90 Å². The van der Waals surface area contributed by atoms with Crippen LogP contribution in [0.3, 0.4) is 0 Å². The average molecular weight is 426 g/mol. The number of β-amino-alcohol motifs (C(OH)–C–C–N with tert-alkyl or cyclic N) is 1. The Morgan fingerprint density at radius 3 is 2.58 bits per heavy atom. The van der Waals surface area contributed by atoms with Gasteiger partial charge in [0, 0.05) is 0 Å². The molecule has 2 atom stereocenters. The zero-order chi connectivity index (χ0) is 21.9. The van der Waals surface area contributed by atoms with E-state index in [0.29, 0.717) is 26.2 Å². The Morgan fingerprint density at radius 2 is 1.77 bits per heavy atom. The number of aliphatic hydroxyl groups is 1. The van der Waals surface area contributed by atoms with Crippen molar-refractivity contribution in [3.63, 3.8) is 0 Å². The van der Waals surface area contributed by atoms with Gasteiger partial charge in [-0.1, -0.05) is 61.9 Å². The Hall–Kier alpha value is -2.53. The van der Waals surface area contributed by atoms with Gasteiger partial charge in [-0.15, -0.1) is 0 Å². The van der Waals surface area contributed by atoms with Crippen LogP contribution in [-0.4, -0.2) is 48.0 Å². The third kappa shape index (κ3) is 7.28. The van der Waals surface area contributed by atoms with Crippen molar-refractivity contribution in [2.24, 2.45) is 0 Å². The van der Waals surface area contributed by atoms with Crippen LogP contribution in [0.25, 0.3) is 0 Å². The Bertz CT molecular complexity index is 795. The van der Waals surface area contributed by atoms with Crippen LogP contribution in [0.15, 0.2) is 54.6 Å². The molecule has 5 nitrogen and oxygen atoms in total. The summed E-state index contributed by atoms with van der Waals surface area (Å²) >= 11 is 0. The Kier molecular flexibility index (Phi) is 9.22. The van der Waals surface area contributed by atoms with Gasteiger partial charge in [0.2, 0.25) is 0 Å². The summed E-state index contributed by atoms with van der Waals surface area (Å²) < 4.78 is 11.5. The lowest BCUT2D eigenvalue weighted by Gasteiger charge is -2.24. The number of ether oxygens (including phenoxy) is 2. The van der Waals surface area contributed by atoms with E-state index in [-0.39, 0.29) is 12.1 Å². The Labute approximate surface area is 186 Å². The van der Waals surface area contributed by atoms with Gasteiger partial charge in [0.25, 0.3) is 0 Å². The molecule has 2 aromatic carbocycles. The first-order valence-corrected chi connectivity index (χ1v) is 11.5. The van der Waals surface area contributed by atoms with Gasteiger partial charge in [0.05, 0.1) is 25.3 Å². The fourth-order valence-electron chi connectivity index (χ4n) is 3.99. The molecular formula is C26H35NO4. The molecule has 0 saturated carbocycles. The largest absolute Gasteiger partial charge is 0.491 e. The highest BCUT2D eigenvalue weighted by Crippen LogP contribution is 2.24. The van der Waals surface area contributed by atoms with E-state index >= 15 is 0 Å². The number of hydrogen-bond donors (Lipinski definition) is 1. The monoisotopic (exact) mass is 425 g/mol. The number of hydrogen-bond acceptors (Lipinski definition) is 4. The number of benzene rings is 2. The number of carbonyl (C=O) groups excluding carboxylic acids is 1. The molecule has 1 N–H and O–H groups in total. The van der Waals surface area contributed by atoms with Crippen LogP contribution in [0, 0.1) is 0 Å². The van der Waals surface area contributed by atoms with Crippen molar-refractivity contribution in [3.05, 3.63) is 65.7 Å². The number of aryl methyl sites for hydroxylation is 2. The number of unbranched alkanes of at least 4 members (excludes halogenated alkanes) is 2. The lowest BCUT2D eigenvalue weighted by atomic mass is 10.0. The molecule has 0 aromatic heterocycles. The van der Waals surface area contributed by atoms with E-state index in [4.69, 9.17) is 9.47 Å². The average Bonchev–Trinajstić information content (AvgIpc) is 3.17. The van der Waals surface area contributed by atoms with E-state index in [1.54, 1.807) is 4.90 Å². The van der Waals surface area contributed by atoms with Gasteiger partial charge >= 0.3 is 6.09 Å². The molecule has 1 aliphatic rings. The SMILES string of the molecule is CCCCOC(=O)N1C[C@H](O)CC1COc1ccccc1CCCCc1ccccc1. The van der Waals surface area contributed by atoms with Crippen LogP contribution >= 0.6 is 0 Å².